The molecule has 6 heteroatoms. The summed E-state index contributed by atoms with van der Waals surface area (Å²) >= 11 is 0. The van der Waals surface area contributed by atoms with E-state index in [-0.39, 0.29) is 24.2 Å². The van der Waals surface area contributed by atoms with Gasteiger partial charge in [-0.2, -0.15) is 0 Å². The molecule has 0 spiro atoms. The van der Waals surface area contributed by atoms with Crippen LogP contribution in [0, 0.1) is 6.92 Å². The second-order valence-electron chi connectivity index (χ2n) is 8.93. The zero-order valence-corrected chi connectivity index (χ0v) is 21.2. The second kappa shape index (κ2) is 10.4. The highest BCUT2D eigenvalue weighted by atomic mass is 16.3. The van der Waals surface area contributed by atoms with Crippen LogP contribution in [0.2, 0.25) is 0 Å². The maximum Gasteiger partial charge on any atom is 0.227 e. The number of rotatable bonds is 5. The third kappa shape index (κ3) is 4.29. The number of aliphatic hydroxyl groups excluding tert-OH is 1. The molecule has 4 aromatic rings. The topological polar surface area (TPSA) is 78.6 Å². The molecule has 2 heterocycles. The molecule has 0 fully saturated rings. The number of nitrogens with zero attached hydrogens (tertiary/aromatic N) is 3. The highest BCUT2D eigenvalue weighted by Gasteiger charge is 2.38. The molecular formula is C30H33N3O3. The number of benzene rings is 3. The number of imidazole rings is 1. The Morgan fingerprint density at radius 3 is 2.39 bits per heavy atom. The predicted molar refractivity (Wildman–Crippen MR) is 142 cm³/mol. The molecule has 1 aromatic heterocycles. The number of aryl methyl sites for hydroxylation is 1. The van der Waals surface area contributed by atoms with Crippen molar-refractivity contribution in [2.45, 2.75) is 38.6 Å². The Balaban J connectivity index is 0.00000148. The molecule has 1 amide bonds. The zero-order chi connectivity index (χ0) is 25.9. The van der Waals surface area contributed by atoms with E-state index >= 15 is 0 Å². The summed E-state index contributed by atoms with van der Waals surface area (Å²) in [6.07, 6.45) is 5.59. The number of amides is 1. The number of hydrogen-bond donors (Lipinski definition) is 2. The third-order valence-corrected chi connectivity index (χ3v) is 6.96. The number of aliphatic hydroxyl groups is 1. The summed E-state index contributed by atoms with van der Waals surface area (Å²) < 4.78 is 1.89. The molecule has 0 aliphatic carbocycles. The molecule has 0 radical (unpaired) electrons. The van der Waals surface area contributed by atoms with Gasteiger partial charge in [0, 0.05) is 37.5 Å². The Bertz CT molecular complexity index is 1330. The Hall–Kier alpha value is -3.90. The summed E-state index contributed by atoms with van der Waals surface area (Å²) in [5.74, 6) is 0.150. The number of phenols is 1. The number of hydrogen-bond acceptors (Lipinski definition) is 4. The van der Waals surface area contributed by atoms with Crippen molar-refractivity contribution in [3.63, 3.8) is 0 Å². The molecule has 1 aliphatic rings. The highest BCUT2D eigenvalue weighted by Crippen LogP contribution is 2.43. The molecule has 0 saturated heterocycles. The standard InChI is InChI=1S/C28H27N3O3.C2H6/c1-19-4-3-5-20(14-19)24-16-27(34)30(2)26-11-8-22(15-25(24)26)28(17-32,31-13-12-29-18-31)21-6-9-23(33)10-7-21;1-2/h3-15,18,24,32-33H,16-17H2,1-2H3;1-2H3. The lowest BCUT2D eigenvalue weighted by Crippen LogP contribution is -2.40. The predicted octanol–water partition coefficient (Wildman–Crippen LogP) is 5.21. The quantitative estimate of drug-likeness (QED) is 0.409. The van der Waals surface area contributed by atoms with Gasteiger partial charge in [-0.15, -0.1) is 0 Å². The van der Waals surface area contributed by atoms with Crippen molar-refractivity contribution in [1.29, 1.82) is 0 Å². The molecule has 3 aromatic carbocycles. The van der Waals surface area contributed by atoms with E-state index in [1.54, 1.807) is 29.6 Å². The number of anilines is 1. The number of fused-ring (bicyclic) bond motifs is 1. The number of carbonyl (C=O) groups is 1. The van der Waals surface area contributed by atoms with E-state index < -0.39 is 5.54 Å². The van der Waals surface area contributed by atoms with Crippen LogP contribution in [0.4, 0.5) is 5.69 Å². The van der Waals surface area contributed by atoms with Gasteiger partial charge in [0.1, 0.15) is 11.3 Å². The van der Waals surface area contributed by atoms with Crippen molar-refractivity contribution in [3.8, 4) is 5.75 Å². The van der Waals surface area contributed by atoms with Crippen LogP contribution in [0.15, 0.2) is 85.5 Å². The monoisotopic (exact) mass is 483 g/mol. The number of carbonyl (C=O) groups excluding carboxylic acids is 1. The van der Waals surface area contributed by atoms with Gasteiger partial charge in [-0.3, -0.25) is 4.79 Å². The van der Waals surface area contributed by atoms with E-state index in [1.807, 2.05) is 62.0 Å². The van der Waals surface area contributed by atoms with Gasteiger partial charge < -0.3 is 19.7 Å². The van der Waals surface area contributed by atoms with Crippen LogP contribution in [0.1, 0.15) is 54.0 Å². The smallest absolute Gasteiger partial charge is 0.227 e. The first-order valence-electron chi connectivity index (χ1n) is 12.3. The Morgan fingerprint density at radius 2 is 1.75 bits per heavy atom. The minimum Gasteiger partial charge on any atom is -0.508 e. The molecule has 2 N–H and O–H groups in total. The fourth-order valence-electron chi connectivity index (χ4n) is 5.09. The van der Waals surface area contributed by atoms with Crippen LogP contribution in [0.25, 0.3) is 0 Å². The van der Waals surface area contributed by atoms with Crippen molar-refractivity contribution >= 4 is 11.6 Å². The molecule has 36 heavy (non-hydrogen) atoms. The summed E-state index contributed by atoms with van der Waals surface area (Å²) in [5, 5.41) is 20.7. The molecule has 0 bridgehead atoms. The molecule has 6 nitrogen and oxygen atoms in total. The molecule has 2 atom stereocenters. The van der Waals surface area contributed by atoms with Crippen LogP contribution in [0.5, 0.6) is 5.75 Å². The van der Waals surface area contributed by atoms with Crippen molar-refractivity contribution in [2.24, 2.45) is 0 Å². The fourth-order valence-corrected chi connectivity index (χ4v) is 5.09. The van der Waals surface area contributed by atoms with E-state index in [4.69, 9.17) is 0 Å². The van der Waals surface area contributed by atoms with E-state index in [2.05, 4.69) is 36.2 Å². The van der Waals surface area contributed by atoms with Crippen LogP contribution >= 0.6 is 0 Å². The van der Waals surface area contributed by atoms with E-state index in [0.29, 0.717) is 6.42 Å². The highest BCUT2D eigenvalue weighted by molar-refractivity contribution is 5.97. The van der Waals surface area contributed by atoms with Gasteiger partial charge in [0.25, 0.3) is 0 Å². The average Bonchev–Trinajstić information content (AvgIpc) is 3.44. The summed E-state index contributed by atoms with van der Waals surface area (Å²) in [6, 6.07) is 21.2. The van der Waals surface area contributed by atoms with Gasteiger partial charge in [0.15, 0.2) is 0 Å². The van der Waals surface area contributed by atoms with Crippen molar-refractivity contribution in [3.05, 3.63) is 113 Å². The molecule has 186 valence electrons. The third-order valence-electron chi connectivity index (χ3n) is 6.96. The number of aromatic nitrogens is 2. The minimum atomic E-state index is -0.948. The molecule has 1 aliphatic heterocycles. The van der Waals surface area contributed by atoms with Gasteiger partial charge in [-0.25, -0.2) is 4.98 Å². The first kappa shape index (κ1) is 25.2. The molecule has 0 saturated carbocycles. The largest absolute Gasteiger partial charge is 0.508 e. The maximum atomic E-state index is 12.9. The number of phenolic OH excluding ortho intramolecular Hbond substituents is 1. The SMILES string of the molecule is CC.Cc1cccc(C2CC(=O)N(C)c3ccc(C(CO)(c4ccc(O)cc4)n4ccnc4)cc32)c1. The van der Waals surface area contributed by atoms with Crippen molar-refractivity contribution in [1.82, 2.24) is 9.55 Å². The lowest BCUT2D eigenvalue weighted by atomic mass is 9.78. The summed E-state index contributed by atoms with van der Waals surface area (Å²) in [7, 11) is 1.81. The Kier molecular flexibility index (Phi) is 7.27. The molecule has 2 unspecified atom stereocenters. The van der Waals surface area contributed by atoms with Crippen molar-refractivity contribution < 1.29 is 15.0 Å². The lowest BCUT2D eigenvalue weighted by molar-refractivity contribution is -0.118. The van der Waals surface area contributed by atoms with Crippen LogP contribution in [0.3, 0.4) is 0 Å². The van der Waals surface area contributed by atoms with Gasteiger partial charge in [0.2, 0.25) is 5.91 Å². The van der Waals surface area contributed by atoms with Gasteiger partial charge in [-0.1, -0.05) is 67.9 Å². The van der Waals surface area contributed by atoms with E-state index in [9.17, 15) is 15.0 Å². The van der Waals surface area contributed by atoms with Gasteiger partial charge >= 0.3 is 0 Å². The van der Waals surface area contributed by atoms with E-state index in [0.717, 1.165) is 33.5 Å². The van der Waals surface area contributed by atoms with Crippen LogP contribution in [-0.4, -0.2) is 39.3 Å². The number of aromatic hydroxyl groups is 1. The van der Waals surface area contributed by atoms with E-state index in [1.165, 1.54) is 0 Å². The summed E-state index contributed by atoms with van der Waals surface area (Å²) in [6.45, 7) is 5.84. The zero-order valence-electron chi connectivity index (χ0n) is 21.2. The lowest BCUT2D eigenvalue weighted by Gasteiger charge is -2.38. The van der Waals surface area contributed by atoms with Gasteiger partial charge in [-0.05, 0) is 47.4 Å². The second-order valence-corrected chi connectivity index (χ2v) is 8.93. The summed E-state index contributed by atoms with van der Waals surface area (Å²) in [5.41, 5.74) is 4.90. The maximum absolute atomic E-state index is 12.9. The summed E-state index contributed by atoms with van der Waals surface area (Å²) in [4.78, 5) is 18.8. The van der Waals surface area contributed by atoms with Crippen molar-refractivity contribution in [2.75, 3.05) is 18.6 Å². The Morgan fingerprint density at radius 1 is 1.03 bits per heavy atom. The average molecular weight is 484 g/mol. The van der Waals surface area contributed by atoms with Crippen LogP contribution in [-0.2, 0) is 10.3 Å². The first-order valence-corrected chi connectivity index (χ1v) is 12.3. The van der Waals surface area contributed by atoms with Crippen LogP contribution < -0.4 is 4.90 Å². The Labute approximate surface area is 212 Å². The molecule has 5 rings (SSSR count). The minimum absolute atomic E-state index is 0.0771. The van der Waals surface area contributed by atoms with Gasteiger partial charge in [0.05, 0.1) is 12.9 Å². The fraction of sp³-hybridized carbons (Fsp3) is 0.267. The molecular weight excluding hydrogens is 450 g/mol. The normalized spacial score (nSPS) is 16.5. The first-order chi connectivity index (χ1) is 17.4.